The summed E-state index contributed by atoms with van der Waals surface area (Å²) >= 11 is 0. The Labute approximate surface area is 133 Å². The van der Waals surface area contributed by atoms with Gasteiger partial charge in [-0.1, -0.05) is 24.3 Å². The summed E-state index contributed by atoms with van der Waals surface area (Å²) in [6.07, 6.45) is 3.45. The normalized spacial score (nSPS) is 10.0. The molecule has 1 aromatic carbocycles. The van der Waals surface area contributed by atoms with Crippen molar-refractivity contribution in [1.82, 2.24) is 9.97 Å². The molecule has 0 bridgehead atoms. The smallest absolute Gasteiger partial charge is 0.236 e. The summed E-state index contributed by atoms with van der Waals surface area (Å²) in [4.78, 5) is 8.16. The molecule has 0 saturated carbocycles. The molecule has 0 amide bonds. The number of oxazole rings is 1. The fraction of sp³-hybridized carbons (Fsp3) is 0.118. The van der Waals surface area contributed by atoms with Crippen LogP contribution >= 0.6 is 0 Å². The predicted octanol–water partition coefficient (Wildman–Crippen LogP) is 3.13. The number of rotatable bonds is 6. The van der Waals surface area contributed by atoms with Crippen LogP contribution in [0.1, 0.15) is 17.1 Å². The first-order chi connectivity index (χ1) is 11.3. The number of nitriles is 1. The quantitative estimate of drug-likeness (QED) is 0.753. The zero-order valence-electron chi connectivity index (χ0n) is 12.3. The maximum atomic E-state index is 9.15. The second-order valence-electron chi connectivity index (χ2n) is 4.71. The molecule has 0 radical (unpaired) electrons. The molecule has 23 heavy (non-hydrogen) atoms. The molecular weight excluding hydrogens is 292 g/mol. The first-order valence-electron chi connectivity index (χ1n) is 7.05. The fourth-order valence-corrected chi connectivity index (χ4v) is 1.97. The predicted molar refractivity (Wildman–Crippen MR) is 83.6 cm³/mol. The van der Waals surface area contributed by atoms with E-state index in [1.165, 1.54) is 0 Å². The third-order valence-electron chi connectivity index (χ3n) is 3.06. The number of nitrogens with zero attached hydrogens (tertiary/aromatic N) is 3. The first-order valence-corrected chi connectivity index (χ1v) is 7.05. The standard InChI is InChI=1S/C17H14N4O2/c18-9-15-17(20-11-13-5-4-8-19-10-13)23-16(21-15)12-22-14-6-2-1-3-7-14/h1-8,10,20H,11-12H2. The van der Waals surface area contributed by atoms with Crippen LogP contribution in [0.4, 0.5) is 5.88 Å². The fourth-order valence-electron chi connectivity index (χ4n) is 1.97. The van der Waals surface area contributed by atoms with Gasteiger partial charge in [0.15, 0.2) is 6.61 Å². The van der Waals surface area contributed by atoms with Crippen molar-refractivity contribution in [3.8, 4) is 11.8 Å². The van der Waals surface area contributed by atoms with Crippen LogP contribution in [0.15, 0.2) is 59.3 Å². The number of hydrogen-bond donors (Lipinski definition) is 1. The van der Waals surface area contributed by atoms with E-state index >= 15 is 0 Å². The van der Waals surface area contributed by atoms with E-state index in [1.54, 1.807) is 12.4 Å². The zero-order chi connectivity index (χ0) is 15.9. The summed E-state index contributed by atoms with van der Waals surface area (Å²) in [5, 5.41) is 12.2. The third-order valence-corrected chi connectivity index (χ3v) is 3.06. The molecule has 6 nitrogen and oxygen atoms in total. The summed E-state index contributed by atoms with van der Waals surface area (Å²) in [7, 11) is 0. The van der Waals surface area contributed by atoms with Crippen molar-refractivity contribution in [1.29, 1.82) is 5.26 Å². The van der Waals surface area contributed by atoms with Crippen LogP contribution in [-0.4, -0.2) is 9.97 Å². The van der Waals surface area contributed by atoms with Crippen LogP contribution < -0.4 is 10.1 Å². The van der Waals surface area contributed by atoms with Gasteiger partial charge in [-0.2, -0.15) is 10.2 Å². The molecule has 3 aromatic rings. The van der Waals surface area contributed by atoms with Crippen molar-refractivity contribution in [3.63, 3.8) is 0 Å². The molecular formula is C17H14N4O2. The SMILES string of the molecule is N#Cc1nc(COc2ccccc2)oc1NCc1cccnc1. The molecule has 2 heterocycles. The van der Waals surface area contributed by atoms with Crippen molar-refractivity contribution >= 4 is 5.88 Å². The van der Waals surface area contributed by atoms with E-state index in [9.17, 15) is 0 Å². The van der Waals surface area contributed by atoms with Gasteiger partial charge in [0.25, 0.3) is 0 Å². The minimum absolute atomic E-state index is 0.160. The number of benzene rings is 1. The zero-order valence-corrected chi connectivity index (χ0v) is 12.3. The minimum Gasteiger partial charge on any atom is -0.484 e. The van der Waals surface area contributed by atoms with Crippen molar-refractivity contribution in [2.24, 2.45) is 0 Å². The van der Waals surface area contributed by atoms with Gasteiger partial charge >= 0.3 is 0 Å². The van der Waals surface area contributed by atoms with Crippen LogP contribution in [0.25, 0.3) is 0 Å². The Bertz CT molecular complexity index is 794. The molecule has 0 aliphatic carbocycles. The van der Waals surface area contributed by atoms with E-state index in [0.29, 0.717) is 24.1 Å². The molecule has 6 heteroatoms. The molecule has 0 aliphatic rings. The highest BCUT2D eigenvalue weighted by Crippen LogP contribution is 2.19. The lowest BCUT2D eigenvalue weighted by Gasteiger charge is -2.03. The van der Waals surface area contributed by atoms with E-state index in [4.69, 9.17) is 14.4 Å². The highest BCUT2D eigenvalue weighted by atomic mass is 16.5. The Hall–Kier alpha value is -3.33. The minimum atomic E-state index is 0.160. The Morgan fingerprint density at radius 2 is 2.04 bits per heavy atom. The van der Waals surface area contributed by atoms with E-state index in [2.05, 4.69) is 15.3 Å². The summed E-state index contributed by atoms with van der Waals surface area (Å²) in [5.74, 6) is 1.40. The average Bonchev–Trinajstić information content (AvgIpc) is 3.02. The number of para-hydroxylation sites is 1. The number of aromatic nitrogens is 2. The van der Waals surface area contributed by atoms with Gasteiger partial charge in [0.2, 0.25) is 17.5 Å². The van der Waals surface area contributed by atoms with Gasteiger partial charge in [0, 0.05) is 18.9 Å². The third kappa shape index (κ3) is 3.86. The number of ether oxygens (including phenoxy) is 1. The van der Waals surface area contributed by atoms with Crippen LogP contribution in [0.5, 0.6) is 5.75 Å². The summed E-state index contributed by atoms with van der Waals surface area (Å²) in [5.41, 5.74) is 1.19. The van der Waals surface area contributed by atoms with Crippen LogP contribution in [0, 0.1) is 11.3 Å². The van der Waals surface area contributed by atoms with E-state index in [-0.39, 0.29) is 12.3 Å². The molecule has 1 N–H and O–H groups in total. The van der Waals surface area contributed by atoms with Crippen molar-refractivity contribution < 1.29 is 9.15 Å². The van der Waals surface area contributed by atoms with Crippen molar-refractivity contribution in [2.75, 3.05) is 5.32 Å². The Balaban J connectivity index is 1.65. The molecule has 0 atom stereocenters. The van der Waals surface area contributed by atoms with Crippen LogP contribution in [0.2, 0.25) is 0 Å². The number of pyridine rings is 1. The molecule has 0 fully saturated rings. The molecule has 0 unspecified atom stereocenters. The van der Waals surface area contributed by atoms with Crippen molar-refractivity contribution in [3.05, 3.63) is 72.0 Å². The second-order valence-corrected chi connectivity index (χ2v) is 4.71. The van der Waals surface area contributed by atoms with Gasteiger partial charge in [-0.25, -0.2) is 0 Å². The van der Waals surface area contributed by atoms with Crippen LogP contribution in [0.3, 0.4) is 0 Å². The molecule has 0 saturated heterocycles. The number of nitrogens with one attached hydrogen (secondary N) is 1. The molecule has 0 spiro atoms. The highest BCUT2D eigenvalue weighted by Gasteiger charge is 2.13. The maximum Gasteiger partial charge on any atom is 0.236 e. The summed E-state index contributed by atoms with van der Waals surface area (Å²) in [6.45, 7) is 0.657. The van der Waals surface area contributed by atoms with Crippen molar-refractivity contribution in [2.45, 2.75) is 13.2 Å². The summed E-state index contributed by atoms with van der Waals surface area (Å²) in [6, 6.07) is 15.2. The van der Waals surface area contributed by atoms with E-state index < -0.39 is 0 Å². The van der Waals surface area contributed by atoms with Gasteiger partial charge in [0.1, 0.15) is 11.8 Å². The molecule has 114 valence electrons. The van der Waals surface area contributed by atoms with Crippen LogP contribution in [-0.2, 0) is 13.2 Å². The summed E-state index contributed by atoms with van der Waals surface area (Å²) < 4.78 is 11.1. The first kappa shape index (κ1) is 14.6. The Morgan fingerprint density at radius 3 is 2.78 bits per heavy atom. The van der Waals surface area contributed by atoms with E-state index in [1.807, 2.05) is 48.5 Å². The lowest BCUT2D eigenvalue weighted by atomic mass is 10.3. The molecule has 3 rings (SSSR count). The topological polar surface area (TPSA) is 84.0 Å². The van der Waals surface area contributed by atoms with Gasteiger partial charge in [0.05, 0.1) is 0 Å². The Kier molecular flexibility index (Phi) is 4.50. The monoisotopic (exact) mass is 306 g/mol. The van der Waals surface area contributed by atoms with Gasteiger partial charge in [-0.3, -0.25) is 4.98 Å². The second kappa shape index (κ2) is 7.09. The largest absolute Gasteiger partial charge is 0.484 e. The highest BCUT2D eigenvalue weighted by molar-refractivity contribution is 5.45. The van der Waals surface area contributed by atoms with Gasteiger partial charge in [-0.05, 0) is 23.8 Å². The average molecular weight is 306 g/mol. The molecule has 2 aromatic heterocycles. The number of anilines is 1. The van der Waals surface area contributed by atoms with Gasteiger partial charge < -0.3 is 14.5 Å². The van der Waals surface area contributed by atoms with E-state index in [0.717, 1.165) is 5.56 Å². The number of hydrogen-bond acceptors (Lipinski definition) is 6. The lowest BCUT2D eigenvalue weighted by Crippen LogP contribution is -2.00. The van der Waals surface area contributed by atoms with Gasteiger partial charge in [-0.15, -0.1) is 0 Å². The lowest BCUT2D eigenvalue weighted by molar-refractivity contribution is 0.265. The maximum absolute atomic E-state index is 9.15. The Morgan fingerprint density at radius 1 is 1.17 bits per heavy atom. The molecule has 0 aliphatic heterocycles.